The highest BCUT2D eigenvalue weighted by Crippen LogP contribution is 2.27. The van der Waals surface area contributed by atoms with Crippen molar-refractivity contribution in [2.45, 2.75) is 26.7 Å². The number of amides is 1. The Kier molecular flexibility index (Phi) is 6.47. The first kappa shape index (κ1) is 22.4. The number of carbonyl (C=O) groups is 1. The zero-order valence-electron chi connectivity index (χ0n) is 20.0. The number of aryl methyl sites for hydroxylation is 1. The van der Waals surface area contributed by atoms with Crippen LogP contribution >= 0.6 is 0 Å². The van der Waals surface area contributed by atoms with Crippen LogP contribution in [0.25, 0.3) is 10.9 Å². The van der Waals surface area contributed by atoms with Crippen LogP contribution in [-0.4, -0.2) is 71.6 Å². The second-order valence-corrected chi connectivity index (χ2v) is 9.02. The van der Waals surface area contributed by atoms with Crippen molar-refractivity contribution in [3.63, 3.8) is 0 Å². The number of benzene rings is 1. The van der Waals surface area contributed by atoms with Gasteiger partial charge in [0.15, 0.2) is 0 Å². The number of piperazine rings is 1. The van der Waals surface area contributed by atoms with E-state index in [4.69, 9.17) is 14.7 Å². The topological polar surface area (TPSA) is 74.7 Å². The average Bonchev–Trinajstić information content (AvgIpc) is 2.89. The van der Waals surface area contributed by atoms with Gasteiger partial charge in [-0.05, 0) is 57.0 Å². The van der Waals surface area contributed by atoms with E-state index >= 15 is 0 Å². The molecule has 34 heavy (non-hydrogen) atoms. The number of carbonyl (C=O) groups excluding carboxylic acids is 1. The number of hydrogen-bond donors (Lipinski definition) is 0. The van der Waals surface area contributed by atoms with Gasteiger partial charge in [-0.25, -0.2) is 9.97 Å². The van der Waals surface area contributed by atoms with Crippen LogP contribution in [-0.2, 0) is 4.79 Å². The number of rotatable bonds is 5. The molecule has 178 valence electrons. The lowest BCUT2D eigenvalue weighted by atomic mass is 9.96. The molecule has 2 fully saturated rings. The maximum Gasteiger partial charge on any atom is 0.227 e. The van der Waals surface area contributed by atoms with Crippen LogP contribution in [0, 0.1) is 12.8 Å². The summed E-state index contributed by atoms with van der Waals surface area (Å²) in [6.45, 7) is 9.38. The Balaban J connectivity index is 1.25. The highest BCUT2D eigenvalue weighted by molar-refractivity contribution is 5.84. The fraction of sp³-hybridized carbons (Fsp3) is 0.462. The minimum absolute atomic E-state index is 0.0128. The van der Waals surface area contributed by atoms with E-state index < -0.39 is 0 Å². The number of hydrogen-bond acceptors (Lipinski definition) is 7. The normalized spacial score (nSPS) is 18.9. The second kappa shape index (κ2) is 9.83. The van der Waals surface area contributed by atoms with E-state index in [-0.39, 0.29) is 11.8 Å². The first-order chi connectivity index (χ1) is 16.6. The summed E-state index contributed by atoms with van der Waals surface area (Å²) in [6, 6.07) is 10.0. The standard InChI is InChI=1S/C26H32N6O2/c1-3-34-22-6-7-24-23(17-22)19(2)28-26(29-24)32-12-4-5-20(18-32)25(33)31-15-13-30(14-16-31)21-8-10-27-11-9-21/h6-11,17,20H,3-5,12-16,18H2,1-2H3. The van der Waals surface area contributed by atoms with Gasteiger partial charge in [-0.3, -0.25) is 9.78 Å². The molecule has 3 aromatic rings. The Hall–Kier alpha value is -3.42. The summed E-state index contributed by atoms with van der Waals surface area (Å²) in [4.78, 5) is 33.6. The first-order valence-electron chi connectivity index (χ1n) is 12.2. The smallest absolute Gasteiger partial charge is 0.227 e. The van der Waals surface area contributed by atoms with Crippen LogP contribution in [0.15, 0.2) is 42.7 Å². The lowest BCUT2D eigenvalue weighted by Gasteiger charge is -2.39. The van der Waals surface area contributed by atoms with Gasteiger partial charge in [0.2, 0.25) is 11.9 Å². The van der Waals surface area contributed by atoms with Crippen LogP contribution < -0.4 is 14.5 Å². The maximum atomic E-state index is 13.4. The summed E-state index contributed by atoms with van der Waals surface area (Å²) in [6.07, 6.45) is 5.52. The predicted molar refractivity (Wildman–Crippen MR) is 133 cm³/mol. The van der Waals surface area contributed by atoms with Crippen LogP contribution in [0.1, 0.15) is 25.5 Å². The van der Waals surface area contributed by atoms with Crippen molar-refractivity contribution in [1.29, 1.82) is 0 Å². The zero-order valence-corrected chi connectivity index (χ0v) is 20.0. The molecular weight excluding hydrogens is 428 g/mol. The van der Waals surface area contributed by atoms with Crippen molar-refractivity contribution in [2.24, 2.45) is 5.92 Å². The van der Waals surface area contributed by atoms with E-state index in [1.165, 1.54) is 5.69 Å². The molecule has 5 rings (SSSR count). The summed E-state index contributed by atoms with van der Waals surface area (Å²) in [5, 5.41) is 1.01. The third-order valence-electron chi connectivity index (χ3n) is 6.83. The highest BCUT2D eigenvalue weighted by Gasteiger charge is 2.32. The molecule has 0 radical (unpaired) electrons. The molecule has 0 aliphatic carbocycles. The molecule has 0 saturated carbocycles. The van der Waals surface area contributed by atoms with Crippen LogP contribution in [0.4, 0.5) is 11.6 Å². The molecule has 1 atom stereocenters. The Bertz CT molecular complexity index is 1150. The molecule has 2 aliphatic heterocycles. The SMILES string of the molecule is CCOc1ccc2nc(N3CCCC(C(=O)N4CCN(c5ccncc5)CC4)C3)nc(C)c2c1. The molecule has 4 heterocycles. The number of ether oxygens (including phenoxy) is 1. The van der Waals surface area contributed by atoms with Crippen LogP contribution in [0.2, 0.25) is 0 Å². The summed E-state index contributed by atoms with van der Waals surface area (Å²) in [7, 11) is 0. The van der Waals surface area contributed by atoms with Gasteiger partial charge in [-0.1, -0.05) is 0 Å². The number of fused-ring (bicyclic) bond motifs is 1. The lowest BCUT2D eigenvalue weighted by molar-refractivity contribution is -0.136. The summed E-state index contributed by atoms with van der Waals surface area (Å²) < 4.78 is 5.63. The number of piperidine rings is 1. The quantitative estimate of drug-likeness (QED) is 0.578. The molecular formula is C26H32N6O2. The molecule has 8 nitrogen and oxygen atoms in total. The molecule has 2 aliphatic rings. The minimum atomic E-state index is -0.0128. The number of aromatic nitrogens is 3. The number of nitrogens with zero attached hydrogens (tertiary/aromatic N) is 6. The van der Waals surface area contributed by atoms with Crippen molar-refractivity contribution in [2.75, 3.05) is 55.7 Å². The molecule has 0 bridgehead atoms. The van der Waals surface area contributed by atoms with Crippen molar-refractivity contribution in [3.8, 4) is 5.75 Å². The van der Waals surface area contributed by atoms with Gasteiger partial charge < -0.3 is 19.4 Å². The largest absolute Gasteiger partial charge is 0.494 e. The molecule has 1 amide bonds. The van der Waals surface area contributed by atoms with E-state index in [1.807, 2.05) is 61.5 Å². The van der Waals surface area contributed by atoms with Gasteiger partial charge in [0.05, 0.1) is 23.7 Å². The van der Waals surface area contributed by atoms with Crippen LogP contribution in [0.3, 0.4) is 0 Å². The van der Waals surface area contributed by atoms with Gasteiger partial charge in [0.25, 0.3) is 0 Å². The fourth-order valence-corrected chi connectivity index (χ4v) is 5.00. The Morgan fingerprint density at radius 2 is 1.82 bits per heavy atom. The van der Waals surface area contributed by atoms with Gasteiger partial charge >= 0.3 is 0 Å². The molecule has 8 heteroatoms. The first-order valence-corrected chi connectivity index (χ1v) is 12.2. The van der Waals surface area contributed by atoms with E-state index in [1.54, 1.807) is 0 Å². The molecule has 2 saturated heterocycles. The van der Waals surface area contributed by atoms with Crippen molar-refractivity contribution >= 4 is 28.4 Å². The number of anilines is 2. The maximum absolute atomic E-state index is 13.4. The van der Waals surface area contributed by atoms with Gasteiger partial charge in [0, 0.05) is 62.7 Å². The third kappa shape index (κ3) is 4.62. The Morgan fingerprint density at radius 1 is 1.03 bits per heavy atom. The molecule has 2 aromatic heterocycles. The third-order valence-corrected chi connectivity index (χ3v) is 6.83. The van der Waals surface area contributed by atoms with Gasteiger partial charge in [-0.15, -0.1) is 0 Å². The van der Waals surface area contributed by atoms with E-state index in [0.29, 0.717) is 19.1 Å². The minimum Gasteiger partial charge on any atom is -0.494 e. The number of pyridine rings is 1. The average molecular weight is 461 g/mol. The summed E-state index contributed by atoms with van der Waals surface area (Å²) >= 11 is 0. The fourth-order valence-electron chi connectivity index (χ4n) is 5.00. The van der Waals surface area contributed by atoms with Crippen molar-refractivity contribution in [1.82, 2.24) is 19.9 Å². The van der Waals surface area contributed by atoms with E-state index in [9.17, 15) is 4.79 Å². The molecule has 1 unspecified atom stereocenters. The Morgan fingerprint density at radius 3 is 2.59 bits per heavy atom. The lowest BCUT2D eigenvalue weighted by Crippen LogP contribution is -2.52. The summed E-state index contributed by atoms with van der Waals surface area (Å²) in [5.41, 5.74) is 3.01. The Labute approximate surface area is 200 Å². The van der Waals surface area contributed by atoms with Gasteiger partial charge in [-0.2, -0.15) is 0 Å². The van der Waals surface area contributed by atoms with Crippen molar-refractivity contribution in [3.05, 3.63) is 48.4 Å². The predicted octanol–water partition coefficient (Wildman–Crippen LogP) is 3.30. The van der Waals surface area contributed by atoms with Gasteiger partial charge in [0.1, 0.15) is 5.75 Å². The van der Waals surface area contributed by atoms with E-state index in [2.05, 4.69) is 14.8 Å². The van der Waals surface area contributed by atoms with E-state index in [0.717, 1.165) is 67.9 Å². The molecule has 1 aromatic carbocycles. The molecule has 0 spiro atoms. The molecule has 0 N–H and O–H groups in total. The van der Waals surface area contributed by atoms with Crippen molar-refractivity contribution < 1.29 is 9.53 Å². The zero-order chi connectivity index (χ0) is 23.5. The highest BCUT2D eigenvalue weighted by atomic mass is 16.5. The summed E-state index contributed by atoms with van der Waals surface area (Å²) in [5.74, 6) is 1.80. The second-order valence-electron chi connectivity index (χ2n) is 9.02. The van der Waals surface area contributed by atoms with Crippen LogP contribution in [0.5, 0.6) is 5.75 Å². The monoisotopic (exact) mass is 460 g/mol.